The number of likely N-dealkylation sites (tertiary alicyclic amines) is 1. The lowest BCUT2D eigenvalue weighted by atomic mass is 9.93. The SMILES string of the molecule is CCC1(C(=O)O)CCCN1C(=O)Nc1ccc(C)nc1. The molecule has 2 heterocycles. The summed E-state index contributed by atoms with van der Waals surface area (Å²) >= 11 is 0. The molecule has 1 aliphatic heterocycles. The molecule has 1 atom stereocenters. The molecule has 0 aliphatic carbocycles. The van der Waals surface area contributed by atoms with Crippen LogP contribution in [-0.2, 0) is 4.79 Å². The van der Waals surface area contributed by atoms with Crippen molar-refractivity contribution in [1.82, 2.24) is 9.88 Å². The van der Waals surface area contributed by atoms with Crippen LogP contribution < -0.4 is 5.32 Å². The van der Waals surface area contributed by atoms with E-state index in [-0.39, 0.29) is 6.03 Å². The van der Waals surface area contributed by atoms with Crippen LogP contribution in [0.4, 0.5) is 10.5 Å². The Morgan fingerprint density at radius 3 is 2.80 bits per heavy atom. The van der Waals surface area contributed by atoms with Gasteiger partial charge in [0, 0.05) is 12.2 Å². The zero-order valence-electron chi connectivity index (χ0n) is 11.7. The number of nitrogens with one attached hydrogen (secondary N) is 1. The van der Waals surface area contributed by atoms with Gasteiger partial charge in [-0.25, -0.2) is 9.59 Å². The van der Waals surface area contributed by atoms with Crippen molar-refractivity contribution in [1.29, 1.82) is 0 Å². The van der Waals surface area contributed by atoms with Crippen LogP contribution in [0.2, 0.25) is 0 Å². The van der Waals surface area contributed by atoms with Gasteiger partial charge < -0.3 is 15.3 Å². The van der Waals surface area contributed by atoms with Crippen molar-refractivity contribution in [2.24, 2.45) is 0 Å². The Morgan fingerprint density at radius 1 is 1.50 bits per heavy atom. The second-order valence-electron chi connectivity index (χ2n) is 5.06. The van der Waals surface area contributed by atoms with Crippen LogP contribution >= 0.6 is 0 Å². The van der Waals surface area contributed by atoms with Crippen molar-refractivity contribution in [2.45, 2.75) is 38.6 Å². The molecule has 108 valence electrons. The number of carboxylic acids is 1. The summed E-state index contributed by atoms with van der Waals surface area (Å²) < 4.78 is 0. The number of carbonyl (C=O) groups excluding carboxylic acids is 1. The fraction of sp³-hybridized carbons (Fsp3) is 0.500. The highest BCUT2D eigenvalue weighted by molar-refractivity contribution is 5.94. The van der Waals surface area contributed by atoms with E-state index >= 15 is 0 Å². The summed E-state index contributed by atoms with van der Waals surface area (Å²) in [6.45, 7) is 4.12. The number of carbonyl (C=O) groups is 2. The number of rotatable bonds is 3. The zero-order chi connectivity index (χ0) is 14.8. The number of hydrogen-bond donors (Lipinski definition) is 2. The molecule has 0 spiro atoms. The first-order chi connectivity index (χ1) is 9.49. The van der Waals surface area contributed by atoms with Gasteiger partial charge in [-0.2, -0.15) is 0 Å². The molecule has 2 rings (SSSR count). The summed E-state index contributed by atoms with van der Waals surface area (Å²) in [6, 6.07) is 3.17. The predicted molar refractivity (Wildman–Crippen MR) is 74.6 cm³/mol. The number of aromatic nitrogens is 1. The normalized spacial score (nSPS) is 21.8. The van der Waals surface area contributed by atoms with Gasteiger partial charge in [0.25, 0.3) is 0 Å². The van der Waals surface area contributed by atoms with Crippen LogP contribution in [0.15, 0.2) is 18.3 Å². The third-order valence-corrected chi connectivity index (χ3v) is 3.88. The van der Waals surface area contributed by atoms with E-state index in [9.17, 15) is 14.7 Å². The number of anilines is 1. The van der Waals surface area contributed by atoms with Crippen LogP contribution in [0.1, 0.15) is 31.9 Å². The van der Waals surface area contributed by atoms with Crippen molar-refractivity contribution in [3.8, 4) is 0 Å². The maximum Gasteiger partial charge on any atom is 0.329 e. The predicted octanol–water partition coefficient (Wildman–Crippen LogP) is 2.25. The maximum absolute atomic E-state index is 12.3. The molecule has 1 aromatic rings. The molecule has 1 unspecified atom stereocenters. The fourth-order valence-electron chi connectivity index (χ4n) is 2.65. The van der Waals surface area contributed by atoms with Crippen molar-refractivity contribution in [2.75, 3.05) is 11.9 Å². The second-order valence-corrected chi connectivity index (χ2v) is 5.06. The van der Waals surface area contributed by atoms with Gasteiger partial charge in [0.05, 0.1) is 11.9 Å². The van der Waals surface area contributed by atoms with Gasteiger partial charge in [0.1, 0.15) is 5.54 Å². The van der Waals surface area contributed by atoms with Gasteiger partial charge in [-0.15, -0.1) is 0 Å². The lowest BCUT2D eigenvalue weighted by Gasteiger charge is -2.33. The van der Waals surface area contributed by atoms with Crippen LogP contribution in [0.25, 0.3) is 0 Å². The number of amides is 2. The average Bonchev–Trinajstić information content (AvgIpc) is 2.86. The molecule has 0 aromatic carbocycles. The first kappa shape index (κ1) is 14.3. The lowest BCUT2D eigenvalue weighted by molar-refractivity contribution is -0.148. The highest BCUT2D eigenvalue weighted by atomic mass is 16.4. The number of hydrogen-bond acceptors (Lipinski definition) is 3. The summed E-state index contributed by atoms with van der Waals surface area (Å²) in [6.07, 6.45) is 3.18. The van der Waals surface area contributed by atoms with E-state index in [4.69, 9.17) is 0 Å². The molecule has 1 aliphatic rings. The monoisotopic (exact) mass is 277 g/mol. The molecule has 0 bridgehead atoms. The standard InChI is InChI=1S/C14H19N3O3/c1-3-14(12(18)19)7-4-8-17(14)13(20)16-11-6-5-10(2)15-9-11/h5-6,9H,3-4,7-8H2,1-2H3,(H,16,20)(H,18,19). The fourth-order valence-corrected chi connectivity index (χ4v) is 2.65. The zero-order valence-corrected chi connectivity index (χ0v) is 11.7. The van der Waals surface area contributed by atoms with Crippen LogP contribution in [0.5, 0.6) is 0 Å². The minimum Gasteiger partial charge on any atom is -0.479 e. The Morgan fingerprint density at radius 2 is 2.25 bits per heavy atom. The minimum absolute atomic E-state index is 0.377. The molecular formula is C14H19N3O3. The van der Waals surface area contributed by atoms with E-state index in [1.54, 1.807) is 25.3 Å². The lowest BCUT2D eigenvalue weighted by Crippen LogP contribution is -2.54. The Balaban J connectivity index is 2.15. The summed E-state index contributed by atoms with van der Waals surface area (Å²) in [7, 11) is 0. The molecule has 6 nitrogen and oxygen atoms in total. The maximum atomic E-state index is 12.3. The van der Waals surface area contributed by atoms with Gasteiger partial charge in [-0.3, -0.25) is 4.98 Å². The molecule has 0 saturated carbocycles. The van der Waals surface area contributed by atoms with Crippen molar-refractivity contribution < 1.29 is 14.7 Å². The van der Waals surface area contributed by atoms with E-state index in [0.29, 0.717) is 31.5 Å². The van der Waals surface area contributed by atoms with Crippen molar-refractivity contribution >= 4 is 17.7 Å². The summed E-state index contributed by atoms with van der Waals surface area (Å²) in [5, 5.41) is 12.2. The quantitative estimate of drug-likeness (QED) is 0.887. The third kappa shape index (κ3) is 2.45. The number of urea groups is 1. The Hall–Kier alpha value is -2.11. The first-order valence-corrected chi connectivity index (χ1v) is 6.74. The number of aryl methyl sites for hydroxylation is 1. The topological polar surface area (TPSA) is 82.5 Å². The summed E-state index contributed by atoms with van der Waals surface area (Å²) in [5.41, 5.74) is 0.350. The van der Waals surface area contributed by atoms with E-state index in [1.165, 1.54) is 4.90 Å². The molecule has 1 fully saturated rings. The van der Waals surface area contributed by atoms with Crippen LogP contribution in [0, 0.1) is 6.92 Å². The first-order valence-electron chi connectivity index (χ1n) is 6.74. The van der Waals surface area contributed by atoms with E-state index in [2.05, 4.69) is 10.3 Å². The van der Waals surface area contributed by atoms with Crippen LogP contribution in [-0.4, -0.2) is 39.1 Å². The number of pyridine rings is 1. The molecule has 6 heteroatoms. The second kappa shape index (κ2) is 5.48. The van der Waals surface area contributed by atoms with Gasteiger partial charge in [-0.05, 0) is 38.3 Å². The smallest absolute Gasteiger partial charge is 0.329 e. The molecule has 2 N–H and O–H groups in total. The average molecular weight is 277 g/mol. The van der Waals surface area contributed by atoms with Gasteiger partial charge >= 0.3 is 12.0 Å². The van der Waals surface area contributed by atoms with E-state index < -0.39 is 11.5 Å². The third-order valence-electron chi connectivity index (χ3n) is 3.88. The number of nitrogens with zero attached hydrogens (tertiary/aromatic N) is 2. The van der Waals surface area contributed by atoms with Gasteiger partial charge in [-0.1, -0.05) is 6.92 Å². The van der Waals surface area contributed by atoms with E-state index in [0.717, 1.165) is 5.69 Å². The summed E-state index contributed by atoms with van der Waals surface area (Å²) in [5.74, 6) is -0.935. The molecule has 2 amide bonds. The summed E-state index contributed by atoms with van der Waals surface area (Å²) in [4.78, 5) is 29.4. The molecular weight excluding hydrogens is 258 g/mol. The largest absolute Gasteiger partial charge is 0.479 e. The molecule has 1 aromatic heterocycles. The van der Waals surface area contributed by atoms with Crippen LogP contribution in [0.3, 0.4) is 0 Å². The Labute approximate surface area is 117 Å². The van der Waals surface area contributed by atoms with Gasteiger partial charge in [0.2, 0.25) is 0 Å². The molecule has 1 saturated heterocycles. The Bertz CT molecular complexity index is 515. The number of aliphatic carboxylic acids is 1. The molecule has 0 radical (unpaired) electrons. The van der Waals surface area contributed by atoms with Crippen molar-refractivity contribution in [3.05, 3.63) is 24.0 Å². The van der Waals surface area contributed by atoms with Gasteiger partial charge in [0.15, 0.2) is 0 Å². The van der Waals surface area contributed by atoms with Crippen molar-refractivity contribution in [3.63, 3.8) is 0 Å². The number of carboxylic acid groups (broad SMARTS) is 1. The minimum atomic E-state index is -1.08. The van der Waals surface area contributed by atoms with E-state index in [1.807, 2.05) is 6.92 Å². The molecule has 20 heavy (non-hydrogen) atoms. The Kier molecular flexibility index (Phi) is 3.92. The highest BCUT2D eigenvalue weighted by Crippen LogP contribution is 2.33. The highest BCUT2D eigenvalue weighted by Gasteiger charge is 2.48.